The Bertz CT molecular complexity index is 407. The van der Waals surface area contributed by atoms with Gasteiger partial charge in [0.05, 0.1) is 0 Å². The van der Waals surface area contributed by atoms with E-state index in [9.17, 15) is 9.50 Å². The number of benzene rings is 1. The van der Waals surface area contributed by atoms with E-state index in [-0.39, 0.29) is 11.8 Å². The van der Waals surface area contributed by atoms with Crippen molar-refractivity contribution in [2.45, 2.75) is 39.2 Å². The topological polar surface area (TPSA) is 32.3 Å². The molecular formula is C15H22FNO. The fraction of sp³-hybridized carbons (Fsp3) is 0.600. The maximum atomic E-state index is 12.9. The molecule has 3 atom stereocenters. The molecule has 3 unspecified atom stereocenters. The van der Waals surface area contributed by atoms with Crippen LogP contribution in [0.1, 0.15) is 44.7 Å². The molecule has 18 heavy (non-hydrogen) atoms. The predicted molar refractivity (Wildman–Crippen MR) is 71.0 cm³/mol. The molecule has 0 saturated heterocycles. The lowest BCUT2D eigenvalue weighted by Crippen LogP contribution is -2.27. The van der Waals surface area contributed by atoms with Crippen molar-refractivity contribution >= 4 is 0 Å². The fourth-order valence-electron chi connectivity index (χ4n) is 2.85. The summed E-state index contributed by atoms with van der Waals surface area (Å²) in [6, 6.07) is 4.27. The van der Waals surface area contributed by atoms with Crippen molar-refractivity contribution in [3.63, 3.8) is 0 Å². The van der Waals surface area contributed by atoms with Crippen molar-refractivity contribution in [3.8, 4) is 5.75 Å². The number of hydrogen-bond acceptors (Lipinski definition) is 2. The van der Waals surface area contributed by atoms with Gasteiger partial charge in [-0.2, -0.15) is 0 Å². The molecule has 1 aromatic carbocycles. The molecule has 0 heterocycles. The van der Waals surface area contributed by atoms with Crippen molar-refractivity contribution in [2.75, 3.05) is 6.54 Å². The second-order valence-electron chi connectivity index (χ2n) is 5.50. The zero-order chi connectivity index (χ0) is 13.1. The Morgan fingerprint density at radius 3 is 2.83 bits per heavy atom. The van der Waals surface area contributed by atoms with E-state index < -0.39 is 5.82 Å². The highest BCUT2D eigenvalue weighted by atomic mass is 19.1. The van der Waals surface area contributed by atoms with Crippen LogP contribution < -0.4 is 5.32 Å². The van der Waals surface area contributed by atoms with E-state index in [0.29, 0.717) is 0 Å². The van der Waals surface area contributed by atoms with E-state index in [1.54, 1.807) is 6.07 Å². The van der Waals surface area contributed by atoms with Crippen LogP contribution in [0, 0.1) is 17.7 Å². The van der Waals surface area contributed by atoms with Gasteiger partial charge in [-0.05, 0) is 37.8 Å². The third-order valence-corrected chi connectivity index (χ3v) is 4.18. The van der Waals surface area contributed by atoms with Crippen LogP contribution in [0.4, 0.5) is 4.39 Å². The predicted octanol–water partition coefficient (Wildman–Crippen LogP) is 3.62. The van der Waals surface area contributed by atoms with Crippen LogP contribution in [-0.2, 0) is 0 Å². The van der Waals surface area contributed by atoms with Gasteiger partial charge in [0.15, 0.2) is 0 Å². The highest BCUT2D eigenvalue weighted by molar-refractivity contribution is 5.34. The van der Waals surface area contributed by atoms with Crippen LogP contribution in [0.5, 0.6) is 5.75 Å². The molecule has 0 radical (unpaired) electrons. The lowest BCUT2D eigenvalue weighted by Gasteiger charge is -2.21. The first kappa shape index (κ1) is 13.3. The van der Waals surface area contributed by atoms with Crippen molar-refractivity contribution in [3.05, 3.63) is 29.6 Å². The summed E-state index contributed by atoms with van der Waals surface area (Å²) >= 11 is 0. The number of hydrogen-bond donors (Lipinski definition) is 2. The summed E-state index contributed by atoms with van der Waals surface area (Å²) < 4.78 is 12.9. The minimum Gasteiger partial charge on any atom is -0.508 e. The highest BCUT2D eigenvalue weighted by Gasteiger charge is 2.23. The first-order valence-electron chi connectivity index (χ1n) is 6.79. The summed E-state index contributed by atoms with van der Waals surface area (Å²) in [5, 5.41) is 13.2. The Kier molecular flexibility index (Phi) is 4.23. The van der Waals surface area contributed by atoms with Gasteiger partial charge in [-0.25, -0.2) is 4.39 Å². The minimum absolute atomic E-state index is 0.0365. The number of phenols is 1. The van der Waals surface area contributed by atoms with Crippen LogP contribution in [0.3, 0.4) is 0 Å². The summed E-state index contributed by atoms with van der Waals surface area (Å²) in [6.45, 7) is 5.28. The molecule has 0 spiro atoms. The lowest BCUT2D eigenvalue weighted by molar-refractivity contribution is 0.370. The van der Waals surface area contributed by atoms with E-state index >= 15 is 0 Å². The number of phenolic OH excluding ortho intramolecular Hbond substituents is 1. The lowest BCUT2D eigenvalue weighted by atomic mass is 9.97. The van der Waals surface area contributed by atoms with E-state index in [1.807, 2.05) is 6.92 Å². The quantitative estimate of drug-likeness (QED) is 0.856. The molecule has 0 aromatic heterocycles. The molecule has 0 aliphatic heterocycles. The Morgan fingerprint density at radius 2 is 2.22 bits per heavy atom. The van der Waals surface area contributed by atoms with Crippen molar-refractivity contribution in [1.29, 1.82) is 0 Å². The van der Waals surface area contributed by atoms with Gasteiger partial charge in [0.25, 0.3) is 0 Å². The Morgan fingerprint density at radius 1 is 1.44 bits per heavy atom. The van der Waals surface area contributed by atoms with Crippen LogP contribution in [0.25, 0.3) is 0 Å². The van der Waals surface area contributed by atoms with Gasteiger partial charge in [0, 0.05) is 17.7 Å². The third-order valence-electron chi connectivity index (χ3n) is 4.18. The largest absolute Gasteiger partial charge is 0.508 e. The van der Waals surface area contributed by atoms with Crippen molar-refractivity contribution < 1.29 is 9.50 Å². The molecule has 2 N–H and O–H groups in total. The van der Waals surface area contributed by atoms with Crippen LogP contribution in [0.2, 0.25) is 0 Å². The van der Waals surface area contributed by atoms with Crippen LogP contribution in [0.15, 0.2) is 18.2 Å². The zero-order valence-corrected chi connectivity index (χ0v) is 11.1. The minimum atomic E-state index is -0.395. The molecule has 2 rings (SSSR count). The molecule has 3 heteroatoms. The van der Waals surface area contributed by atoms with E-state index in [2.05, 4.69) is 12.2 Å². The molecule has 0 amide bonds. The highest BCUT2D eigenvalue weighted by Crippen LogP contribution is 2.31. The molecule has 100 valence electrons. The molecule has 1 aliphatic rings. The van der Waals surface area contributed by atoms with Gasteiger partial charge in [0.2, 0.25) is 0 Å². The smallest absolute Gasteiger partial charge is 0.126 e. The normalized spacial score (nSPS) is 25.3. The van der Waals surface area contributed by atoms with Gasteiger partial charge in [-0.1, -0.05) is 25.8 Å². The number of aromatic hydroxyl groups is 1. The molecule has 1 fully saturated rings. The number of rotatable bonds is 4. The fourth-order valence-corrected chi connectivity index (χ4v) is 2.85. The van der Waals surface area contributed by atoms with Crippen molar-refractivity contribution in [2.24, 2.45) is 11.8 Å². The Labute approximate surface area is 108 Å². The third kappa shape index (κ3) is 3.02. The SMILES string of the molecule is CC(NCC1CCCC1C)c1ccc(F)cc1O. The summed E-state index contributed by atoms with van der Waals surface area (Å²) in [5.41, 5.74) is 0.766. The molecule has 0 bridgehead atoms. The van der Waals surface area contributed by atoms with Crippen LogP contribution in [-0.4, -0.2) is 11.7 Å². The van der Waals surface area contributed by atoms with Gasteiger partial charge in [0.1, 0.15) is 11.6 Å². The zero-order valence-electron chi connectivity index (χ0n) is 11.1. The Hall–Kier alpha value is -1.09. The maximum Gasteiger partial charge on any atom is 0.126 e. The van der Waals surface area contributed by atoms with E-state index in [4.69, 9.17) is 0 Å². The summed E-state index contributed by atoms with van der Waals surface area (Å²) in [6.07, 6.45) is 3.93. The van der Waals surface area contributed by atoms with Gasteiger partial charge < -0.3 is 10.4 Å². The molecule has 1 aliphatic carbocycles. The average molecular weight is 251 g/mol. The molecule has 1 aromatic rings. The first-order chi connectivity index (χ1) is 8.58. The number of halogens is 1. The second-order valence-corrected chi connectivity index (χ2v) is 5.50. The second kappa shape index (κ2) is 5.70. The van der Waals surface area contributed by atoms with E-state index in [1.165, 1.54) is 31.4 Å². The monoisotopic (exact) mass is 251 g/mol. The average Bonchev–Trinajstić information content (AvgIpc) is 2.72. The van der Waals surface area contributed by atoms with Gasteiger partial charge in [-0.15, -0.1) is 0 Å². The van der Waals surface area contributed by atoms with E-state index in [0.717, 1.165) is 23.9 Å². The van der Waals surface area contributed by atoms with Gasteiger partial charge >= 0.3 is 0 Å². The van der Waals surface area contributed by atoms with Gasteiger partial charge in [-0.3, -0.25) is 0 Å². The van der Waals surface area contributed by atoms with Crippen LogP contribution >= 0.6 is 0 Å². The molecule has 1 saturated carbocycles. The summed E-state index contributed by atoms with van der Waals surface area (Å²) in [7, 11) is 0. The number of nitrogens with one attached hydrogen (secondary N) is 1. The maximum absolute atomic E-state index is 12.9. The molecular weight excluding hydrogens is 229 g/mol. The van der Waals surface area contributed by atoms with Crippen molar-refractivity contribution in [1.82, 2.24) is 5.32 Å². The summed E-state index contributed by atoms with van der Waals surface area (Å²) in [5.74, 6) is 1.16. The first-order valence-corrected chi connectivity index (χ1v) is 6.79. The summed E-state index contributed by atoms with van der Waals surface area (Å²) in [4.78, 5) is 0. The standard InChI is InChI=1S/C15H22FNO/c1-10-4-3-5-12(10)9-17-11(2)14-7-6-13(16)8-15(14)18/h6-8,10-12,17-18H,3-5,9H2,1-2H3. The Balaban J connectivity index is 1.93. The molecule has 2 nitrogen and oxygen atoms in total.